The Labute approximate surface area is 101 Å². The minimum absolute atomic E-state index is 0.763. The van der Waals surface area contributed by atoms with Crippen LogP contribution in [0.3, 0.4) is 0 Å². The van der Waals surface area contributed by atoms with E-state index in [0.29, 0.717) is 0 Å². The van der Waals surface area contributed by atoms with E-state index in [0.717, 1.165) is 16.7 Å². The lowest BCUT2D eigenvalue weighted by atomic mass is 10.2. The van der Waals surface area contributed by atoms with E-state index in [1.165, 1.54) is 9.13 Å². The molecule has 0 spiro atoms. The molecule has 3 heteroatoms. The molecule has 0 radical (unpaired) electrons. The van der Waals surface area contributed by atoms with Gasteiger partial charge in [-0.05, 0) is 47.2 Å². The summed E-state index contributed by atoms with van der Waals surface area (Å²) in [7, 11) is 0. The Kier molecular flexibility index (Phi) is 4.25. The molecular formula is C10H11BrIN. The summed E-state index contributed by atoms with van der Waals surface area (Å²) in [6.45, 7) is 6.63. The first-order valence-corrected chi connectivity index (χ1v) is 5.80. The van der Waals surface area contributed by atoms with Crippen LogP contribution in [0.2, 0.25) is 0 Å². The molecule has 1 nitrogen and oxygen atoms in total. The Hall–Kier alpha value is -0.0300. The van der Waals surface area contributed by atoms with Crippen LogP contribution in [0.1, 0.15) is 5.56 Å². The summed E-state index contributed by atoms with van der Waals surface area (Å²) < 4.78 is 2.24. The van der Waals surface area contributed by atoms with Gasteiger partial charge in [0.1, 0.15) is 0 Å². The van der Waals surface area contributed by atoms with Gasteiger partial charge in [-0.3, -0.25) is 0 Å². The van der Waals surface area contributed by atoms with Crippen LogP contribution in [0.5, 0.6) is 0 Å². The topological polar surface area (TPSA) is 12.0 Å². The Morgan fingerprint density at radius 1 is 1.62 bits per heavy atom. The standard InChI is InChI=1S/C10H11BrIN/c1-7-3-4-9(5-10(7)12)13-6-8(2)11/h3-5,13H,2,6H2,1H3. The van der Waals surface area contributed by atoms with Crippen molar-refractivity contribution < 1.29 is 0 Å². The number of anilines is 1. The van der Waals surface area contributed by atoms with Gasteiger partial charge in [-0.2, -0.15) is 0 Å². The van der Waals surface area contributed by atoms with Gasteiger partial charge >= 0.3 is 0 Å². The van der Waals surface area contributed by atoms with Gasteiger partial charge in [-0.15, -0.1) is 0 Å². The molecule has 0 heterocycles. The monoisotopic (exact) mass is 351 g/mol. The molecule has 0 fully saturated rings. The fourth-order valence-electron chi connectivity index (χ4n) is 0.901. The largest absolute Gasteiger partial charge is 0.380 e. The Morgan fingerprint density at radius 2 is 2.31 bits per heavy atom. The zero-order valence-electron chi connectivity index (χ0n) is 7.40. The van der Waals surface area contributed by atoms with Gasteiger partial charge in [0.05, 0.1) is 0 Å². The summed E-state index contributed by atoms with van der Waals surface area (Å²) in [5.74, 6) is 0. The smallest absolute Gasteiger partial charge is 0.0460 e. The number of hydrogen-bond acceptors (Lipinski definition) is 1. The van der Waals surface area contributed by atoms with Crippen molar-refractivity contribution in [2.75, 3.05) is 11.9 Å². The fraction of sp³-hybridized carbons (Fsp3) is 0.200. The van der Waals surface area contributed by atoms with Crippen molar-refractivity contribution >= 4 is 44.2 Å². The Morgan fingerprint density at radius 3 is 2.85 bits per heavy atom. The Bertz CT molecular complexity index is 323. The molecule has 0 saturated heterocycles. The molecule has 0 saturated carbocycles. The maximum absolute atomic E-state index is 3.76. The van der Waals surface area contributed by atoms with Crippen LogP contribution in [0, 0.1) is 10.5 Å². The van der Waals surface area contributed by atoms with Crippen molar-refractivity contribution in [3.8, 4) is 0 Å². The van der Waals surface area contributed by atoms with Crippen LogP contribution < -0.4 is 5.32 Å². The van der Waals surface area contributed by atoms with E-state index in [1.807, 2.05) is 0 Å². The van der Waals surface area contributed by atoms with Crippen molar-refractivity contribution in [3.63, 3.8) is 0 Å². The first-order chi connectivity index (χ1) is 6.09. The van der Waals surface area contributed by atoms with Crippen LogP contribution in [0.15, 0.2) is 29.3 Å². The lowest BCUT2D eigenvalue weighted by molar-refractivity contribution is 1.31. The summed E-state index contributed by atoms with van der Waals surface area (Å²) in [5, 5.41) is 3.26. The molecule has 0 aromatic heterocycles. The highest BCUT2D eigenvalue weighted by atomic mass is 127. The molecule has 1 aromatic rings. The van der Waals surface area contributed by atoms with E-state index in [-0.39, 0.29) is 0 Å². The summed E-state index contributed by atoms with van der Waals surface area (Å²) in [5.41, 5.74) is 2.44. The number of halogens is 2. The van der Waals surface area contributed by atoms with Gasteiger partial charge < -0.3 is 5.32 Å². The average molecular weight is 352 g/mol. The minimum Gasteiger partial charge on any atom is -0.380 e. The summed E-state index contributed by atoms with van der Waals surface area (Å²) >= 11 is 5.64. The quantitative estimate of drug-likeness (QED) is 0.814. The van der Waals surface area contributed by atoms with Crippen molar-refractivity contribution in [2.24, 2.45) is 0 Å². The predicted molar refractivity (Wildman–Crippen MR) is 70.5 cm³/mol. The first kappa shape index (κ1) is 11.0. The van der Waals surface area contributed by atoms with E-state index in [9.17, 15) is 0 Å². The average Bonchev–Trinajstić information content (AvgIpc) is 2.07. The van der Waals surface area contributed by atoms with Crippen LogP contribution >= 0.6 is 38.5 Å². The van der Waals surface area contributed by atoms with Crippen molar-refractivity contribution in [2.45, 2.75) is 6.92 Å². The fourth-order valence-corrected chi connectivity index (χ4v) is 1.56. The third-order valence-electron chi connectivity index (χ3n) is 1.66. The molecule has 1 rings (SSSR count). The molecule has 0 atom stereocenters. The second-order valence-electron chi connectivity index (χ2n) is 2.83. The molecule has 0 amide bonds. The summed E-state index contributed by atoms with van der Waals surface area (Å²) in [6.07, 6.45) is 0. The van der Waals surface area contributed by atoms with Crippen molar-refractivity contribution in [1.29, 1.82) is 0 Å². The van der Waals surface area contributed by atoms with E-state index < -0.39 is 0 Å². The maximum Gasteiger partial charge on any atom is 0.0460 e. The van der Waals surface area contributed by atoms with Crippen LogP contribution in [-0.4, -0.2) is 6.54 Å². The zero-order chi connectivity index (χ0) is 9.84. The molecule has 13 heavy (non-hydrogen) atoms. The first-order valence-electron chi connectivity index (χ1n) is 3.93. The van der Waals surface area contributed by atoms with Crippen LogP contribution in [0.25, 0.3) is 0 Å². The van der Waals surface area contributed by atoms with Crippen molar-refractivity contribution in [1.82, 2.24) is 0 Å². The Balaban J connectivity index is 2.68. The second-order valence-corrected chi connectivity index (χ2v) is 5.12. The molecule has 1 aromatic carbocycles. The highest BCUT2D eigenvalue weighted by Crippen LogP contribution is 2.17. The maximum atomic E-state index is 3.76. The van der Waals surface area contributed by atoms with Crippen LogP contribution in [0.4, 0.5) is 5.69 Å². The molecule has 0 aliphatic rings. The molecular weight excluding hydrogens is 341 g/mol. The van der Waals surface area contributed by atoms with Gasteiger partial charge in [0, 0.05) is 20.3 Å². The van der Waals surface area contributed by atoms with Gasteiger partial charge in [0.15, 0.2) is 0 Å². The molecule has 0 aliphatic carbocycles. The number of benzene rings is 1. The minimum atomic E-state index is 0.763. The normalized spacial score (nSPS) is 9.77. The molecule has 0 unspecified atom stereocenters. The van der Waals surface area contributed by atoms with E-state index in [2.05, 4.69) is 75.5 Å². The molecule has 70 valence electrons. The number of hydrogen-bond donors (Lipinski definition) is 1. The van der Waals surface area contributed by atoms with E-state index >= 15 is 0 Å². The number of nitrogens with one attached hydrogen (secondary N) is 1. The lowest BCUT2D eigenvalue weighted by Crippen LogP contribution is -2.00. The summed E-state index contributed by atoms with van der Waals surface area (Å²) in [6, 6.07) is 6.32. The van der Waals surface area contributed by atoms with Crippen LogP contribution in [-0.2, 0) is 0 Å². The summed E-state index contributed by atoms with van der Waals surface area (Å²) in [4.78, 5) is 0. The van der Waals surface area contributed by atoms with Gasteiger partial charge in [-0.1, -0.05) is 28.6 Å². The third-order valence-corrected chi connectivity index (χ3v) is 3.10. The van der Waals surface area contributed by atoms with Gasteiger partial charge in [-0.25, -0.2) is 0 Å². The van der Waals surface area contributed by atoms with E-state index in [1.54, 1.807) is 0 Å². The third kappa shape index (κ3) is 3.68. The predicted octanol–water partition coefficient (Wildman–Crippen LogP) is 3.92. The number of aryl methyl sites for hydroxylation is 1. The molecule has 0 aliphatic heterocycles. The highest BCUT2D eigenvalue weighted by molar-refractivity contribution is 14.1. The van der Waals surface area contributed by atoms with Crippen molar-refractivity contribution in [3.05, 3.63) is 38.4 Å². The van der Waals surface area contributed by atoms with Gasteiger partial charge in [0.25, 0.3) is 0 Å². The molecule has 0 bridgehead atoms. The SMILES string of the molecule is C=C(Br)CNc1ccc(C)c(I)c1. The molecule has 1 N–H and O–H groups in total. The lowest BCUT2D eigenvalue weighted by Gasteiger charge is -2.06. The van der Waals surface area contributed by atoms with Gasteiger partial charge in [0.2, 0.25) is 0 Å². The number of rotatable bonds is 3. The zero-order valence-corrected chi connectivity index (χ0v) is 11.1. The van der Waals surface area contributed by atoms with E-state index in [4.69, 9.17) is 0 Å². The highest BCUT2D eigenvalue weighted by Gasteiger charge is 1.96. The second kappa shape index (κ2) is 5.00.